The van der Waals surface area contributed by atoms with Crippen LogP contribution in [0.4, 0.5) is 5.82 Å². The van der Waals surface area contributed by atoms with Crippen molar-refractivity contribution < 1.29 is 14.3 Å². The van der Waals surface area contributed by atoms with Gasteiger partial charge in [0.15, 0.2) is 0 Å². The fraction of sp³-hybridized carbons (Fsp3) is 0.500. The monoisotopic (exact) mass is 387 g/mol. The Balaban J connectivity index is 1.55. The van der Waals surface area contributed by atoms with E-state index < -0.39 is 0 Å². The lowest BCUT2D eigenvalue weighted by Gasteiger charge is -2.44. The fourth-order valence-corrected chi connectivity index (χ4v) is 5.14. The molecule has 6 nitrogen and oxygen atoms in total. The van der Waals surface area contributed by atoms with E-state index in [4.69, 9.17) is 15.2 Å². The highest BCUT2D eigenvalue weighted by molar-refractivity contribution is 7.15. The van der Waals surface area contributed by atoms with Gasteiger partial charge in [-0.05, 0) is 43.5 Å². The van der Waals surface area contributed by atoms with Crippen molar-refractivity contribution in [1.29, 1.82) is 0 Å². The fourth-order valence-electron chi connectivity index (χ4n) is 3.94. The zero-order valence-electron chi connectivity index (χ0n) is 15.6. The van der Waals surface area contributed by atoms with Gasteiger partial charge < -0.3 is 20.1 Å². The van der Waals surface area contributed by atoms with Crippen LogP contribution in [0.15, 0.2) is 24.3 Å². The first-order valence-corrected chi connectivity index (χ1v) is 10.3. The summed E-state index contributed by atoms with van der Waals surface area (Å²) in [4.78, 5) is 21.1. The molecule has 0 bridgehead atoms. The normalized spacial score (nSPS) is 18.5. The summed E-state index contributed by atoms with van der Waals surface area (Å²) < 4.78 is 11.6. The Bertz CT molecular complexity index is 828. The minimum atomic E-state index is -0.287. The van der Waals surface area contributed by atoms with Crippen LogP contribution in [0.3, 0.4) is 0 Å². The Kier molecular flexibility index (Phi) is 5.16. The lowest BCUT2D eigenvalue weighted by Crippen LogP contribution is -2.48. The molecule has 1 amide bonds. The van der Waals surface area contributed by atoms with Gasteiger partial charge in [-0.25, -0.2) is 4.98 Å². The second kappa shape index (κ2) is 7.58. The summed E-state index contributed by atoms with van der Waals surface area (Å²) in [5.41, 5.74) is 7.75. The third kappa shape index (κ3) is 3.59. The maximum Gasteiger partial charge on any atom is 0.248 e. The highest BCUT2D eigenvalue weighted by Gasteiger charge is 2.42. The number of hydrogen-bond donors (Lipinski definition) is 1. The molecule has 4 heterocycles. The van der Waals surface area contributed by atoms with Crippen molar-refractivity contribution in [2.45, 2.75) is 31.8 Å². The van der Waals surface area contributed by atoms with Crippen LogP contribution in [0.1, 0.15) is 30.2 Å². The van der Waals surface area contributed by atoms with Crippen LogP contribution in [0.25, 0.3) is 10.6 Å². The molecule has 4 rings (SSSR count). The van der Waals surface area contributed by atoms with Gasteiger partial charge in [-0.2, -0.15) is 0 Å². The summed E-state index contributed by atoms with van der Waals surface area (Å²) in [5.74, 6) is 0.601. The Morgan fingerprint density at radius 1 is 1.41 bits per heavy atom. The van der Waals surface area contributed by atoms with Gasteiger partial charge in [0.2, 0.25) is 5.91 Å². The largest absolute Gasteiger partial charge is 0.384 e. The Hall–Kier alpha value is -1.96. The van der Waals surface area contributed by atoms with Gasteiger partial charge in [0.05, 0.1) is 22.8 Å². The SMILES string of the molecule is CCOCC(=O)N1CCC2(CC1)OCCc1sc(-c3cccc(N)n3)cc12. The molecule has 144 valence electrons. The molecule has 0 atom stereocenters. The summed E-state index contributed by atoms with van der Waals surface area (Å²) in [6.07, 6.45) is 2.56. The first-order chi connectivity index (χ1) is 13.1. The van der Waals surface area contributed by atoms with Gasteiger partial charge >= 0.3 is 0 Å². The topological polar surface area (TPSA) is 77.7 Å². The van der Waals surface area contributed by atoms with Crippen molar-refractivity contribution in [1.82, 2.24) is 9.88 Å². The van der Waals surface area contributed by atoms with Crippen molar-refractivity contribution in [3.05, 3.63) is 34.7 Å². The molecule has 2 aromatic rings. The standard InChI is InChI=1S/C20H25N3O3S/c1-2-25-13-19(24)23-9-7-20(8-10-23)14-12-17(27-16(14)6-11-26-20)15-4-3-5-18(21)22-15/h3-5,12H,2,6-11,13H2,1H3,(H2,21,22). The summed E-state index contributed by atoms with van der Waals surface area (Å²) in [6, 6.07) is 7.95. The van der Waals surface area contributed by atoms with Crippen molar-refractivity contribution in [2.24, 2.45) is 0 Å². The maximum atomic E-state index is 12.2. The van der Waals surface area contributed by atoms with Gasteiger partial charge in [-0.3, -0.25) is 4.79 Å². The van der Waals surface area contributed by atoms with E-state index in [0.29, 0.717) is 25.5 Å². The molecule has 0 aromatic carbocycles. The second-order valence-electron chi connectivity index (χ2n) is 7.01. The van der Waals surface area contributed by atoms with Crippen molar-refractivity contribution in [2.75, 3.05) is 38.6 Å². The number of thiophene rings is 1. The summed E-state index contributed by atoms with van der Waals surface area (Å²) in [5, 5.41) is 0. The number of fused-ring (bicyclic) bond motifs is 2. The lowest BCUT2D eigenvalue weighted by atomic mass is 9.82. The zero-order chi connectivity index (χ0) is 18.9. The smallest absolute Gasteiger partial charge is 0.248 e. The van der Waals surface area contributed by atoms with E-state index in [9.17, 15) is 4.79 Å². The number of anilines is 1. The van der Waals surface area contributed by atoms with Gasteiger partial charge in [-0.1, -0.05) is 6.07 Å². The minimum Gasteiger partial charge on any atom is -0.384 e. The Morgan fingerprint density at radius 3 is 2.96 bits per heavy atom. The van der Waals surface area contributed by atoms with Crippen LogP contribution < -0.4 is 5.73 Å². The second-order valence-corrected chi connectivity index (χ2v) is 8.14. The molecule has 7 heteroatoms. The van der Waals surface area contributed by atoms with Crippen LogP contribution in [0.5, 0.6) is 0 Å². The molecule has 2 aliphatic rings. The quantitative estimate of drug-likeness (QED) is 0.873. The van der Waals surface area contributed by atoms with E-state index in [1.54, 1.807) is 17.4 Å². The number of nitrogens with zero attached hydrogens (tertiary/aromatic N) is 2. The molecule has 2 aliphatic heterocycles. The number of nitrogens with two attached hydrogens (primary N) is 1. The number of carbonyl (C=O) groups excluding carboxylic acids is 1. The van der Waals surface area contributed by atoms with Crippen LogP contribution in [-0.2, 0) is 26.3 Å². The number of likely N-dealkylation sites (tertiary alicyclic amines) is 1. The Labute approximate surface area is 163 Å². The maximum absolute atomic E-state index is 12.2. The first kappa shape index (κ1) is 18.4. The van der Waals surface area contributed by atoms with E-state index in [1.807, 2.05) is 24.0 Å². The number of piperidine rings is 1. The van der Waals surface area contributed by atoms with Gasteiger partial charge in [0.25, 0.3) is 0 Å². The summed E-state index contributed by atoms with van der Waals surface area (Å²) >= 11 is 1.78. The highest BCUT2D eigenvalue weighted by atomic mass is 32.1. The molecular weight excluding hydrogens is 362 g/mol. The Morgan fingerprint density at radius 2 is 2.22 bits per heavy atom. The van der Waals surface area contributed by atoms with Crippen LogP contribution in [0, 0.1) is 0 Å². The van der Waals surface area contributed by atoms with Crippen LogP contribution >= 0.6 is 11.3 Å². The van der Waals surface area contributed by atoms with E-state index in [-0.39, 0.29) is 18.1 Å². The number of rotatable bonds is 4. The van der Waals surface area contributed by atoms with Gasteiger partial charge in [0.1, 0.15) is 12.4 Å². The molecule has 1 spiro atoms. The van der Waals surface area contributed by atoms with E-state index in [0.717, 1.165) is 36.4 Å². The number of amides is 1. The van der Waals surface area contributed by atoms with E-state index >= 15 is 0 Å². The molecule has 0 saturated carbocycles. The van der Waals surface area contributed by atoms with E-state index in [1.165, 1.54) is 10.4 Å². The van der Waals surface area contributed by atoms with Gasteiger partial charge in [0, 0.05) is 31.0 Å². The molecule has 0 radical (unpaired) electrons. The third-order valence-electron chi connectivity index (χ3n) is 5.38. The number of pyridine rings is 1. The third-order valence-corrected chi connectivity index (χ3v) is 6.60. The lowest BCUT2D eigenvalue weighted by molar-refractivity contribution is -0.144. The average molecular weight is 388 g/mol. The minimum absolute atomic E-state index is 0.0673. The van der Waals surface area contributed by atoms with Gasteiger partial charge in [-0.15, -0.1) is 11.3 Å². The highest BCUT2D eigenvalue weighted by Crippen LogP contribution is 2.46. The molecular formula is C20H25N3O3S. The number of aromatic nitrogens is 1. The average Bonchev–Trinajstić information content (AvgIpc) is 3.13. The number of nitrogen functional groups attached to an aromatic ring is 1. The van der Waals surface area contributed by atoms with Crippen LogP contribution in [0.2, 0.25) is 0 Å². The van der Waals surface area contributed by atoms with Crippen LogP contribution in [-0.4, -0.2) is 48.7 Å². The molecule has 2 aromatic heterocycles. The van der Waals surface area contributed by atoms with E-state index in [2.05, 4.69) is 11.1 Å². The number of ether oxygens (including phenoxy) is 2. The van der Waals surface area contributed by atoms with Crippen molar-refractivity contribution in [3.63, 3.8) is 0 Å². The van der Waals surface area contributed by atoms with Crippen molar-refractivity contribution >= 4 is 23.1 Å². The molecule has 1 fully saturated rings. The number of hydrogen-bond acceptors (Lipinski definition) is 6. The zero-order valence-corrected chi connectivity index (χ0v) is 16.4. The first-order valence-electron chi connectivity index (χ1n) is 9.47. The molecule has 0 aliphatic carbocycles. The summed E-state index contributed by atoms with van der Waals surface area (Å²) in [6.45, 7) is 4.76. The summed E-state index contributed by atoms with van der Waals surface area (Å²) in [7, 11) is 0. The molecule has 0 unspecified atom stereocenters. The predicted molar refractivity (Wildman–Crippen MR) is 106 cm³/mol. The van der Waals surface area contributed by atoms with Crippen molar-refractivity contribution in [3.8, 4) is 10.6 Å². The molecule has 2 N–H and O–H groups in total. The molecule has 1 saturated heterocycles. The predicted octanol–water partition coefficient (Wildman–Crippen LogP) is 2.82. The number of carbonyl (C=O) groups is 1. The molecule has 27 heavy (non-hydrogen) atoms.